The van der Waals surface area contributed by atoms with Gasteiger partial charge in [0.15, 0.2) is 0 Å². The molecule has 0 amide bonds. The van der Waals surface area contributed by atoms with Crippen LogP contribution in [0.2, 0.25) is 0 Å². The van der Waals surface area contributed by atoms with Crippen molar-refractivity contribution < 1.29 is 40.4 Å². The Kier molecular flexibility index (Phi) is 11.5. The minimum atomic E-state index is -5.32. The van der Waals surface area contributed by atoms with Gasteiger partial charge in [0.05, 0.1) is 40.2 Å². The summed E-state index contributed by atoms with van der Waals surface area (Å²) < 4.78 is 69.8. The first-order valence-electron chi connectivity index (χ1n) is 12.4. The fourth-order valence-corrected chi connectivity index (χ4v) is 6.44. The van der Waals surface area contributed by atoms with E-state index in [4.69, 9.17) is 0 Å². The third kappa shape index (κ3) is 11.2. The third-order valence-corrected chi connectivity index (χ3v) is 8.75. The third-order valence-electron chi connectivity index (χ3n) is 5.59. The lowest BCUT2D eigenvalue weighted by Gasteiger charge is -2.29. The number of hydrogen-bond acceptors (Lipinski definition) is 6. The van der Waals surface area contributed by atoms with Crippen LogP contribution in [0.4, 0.5) is 13.2 Å². The van der Waals surface area contributed by atoms with Crippen LogP contribution in [0.25, 0.3) is 0 Å². The summed E-state index contributed by atoms with van der Waals surface area (Å²) in [6, 6.07) is 10.5. The van der Waals surface area contributed by atoms with Gasteiger partial charge in [0.2, 0.25) is 0 Å². The number of thiophene rings is 1. The molecule has 0 fully saturated rings. The Balaban J connectivity index is 2.02. The number of quaternary nitrogens is 1. The predicted molar refractivity (Wildman–Crippen MR) is 140 cm³/mol. The van der Waals surface area contributed by atoms with Crippen molar-refractivity contribution in [3.63, 3.8) is 0 Å². The minimum Gasteiger partial charge on any atom is -0.386 e. The summed E-state index contributed by atoms with van der Waals surface area (Å²) in [7, 11) is 1.12. The molecule has 38 heavy (non-hydrogen) atoms. The molecule has 1 atom stereocenters. The van der Waals surface area contributed by atoms with Gasteiger partial charge in [-0.25, -0.2) is 17.9 Å². The van der Waals surface area contributed by atoms with Crippen molar-refractivity contribution >= 4 is 33.3 Å². The van der Waals surface area contributed by atoms with E-state index in [0.717, 1.165) is 34.6 Å². The zero-order valence-electron chi connectivity index (χ0n) is 22.1. The second-order valence-corrected chi connectivity index (χ2v) is 13.4. The normalized spacial score (nSPS) is 13.3. The number of unbranched alkanes of at least 4 members (excludes halogenated alkanes) is 2. The van der Waals surface area contributed by atoms with Crippen molar-refractivity contribution in [1.82, 2.24) is 4.72 Å². The van der Waals surface area contributed by atoms with E-state index in [9.17, 15) is 31.2 Å². The SMILES string of the molecule is CCCCCc1ccc(CCc2ccc(S(=O)(=O)N[C@H](CC(=O)OC(=O)C(F)(F)F)C[N+](C)(C)C)s2)cc1. The maximum absolute atomic E-state index is 13.0. The van der Waals surface area contributed by atoms with Gasteiger partial charge in [-0.05, 0) is 48.9 Å². The zero-order chi connectivity index (χ0) is 28.6. The number of nitrogens with one attached hydrogen (secondary N) is 1. The number of alkyl halides is 3. The Bertz CT molecular complexity index is 1170. The Labute approximate surface area is 226 Å². The number of sulfonamides is 1. The lowest BCUT2D eigenvalue weighted by molar-refractivity contribution is -0.871. The van der Waals surface area contributed by atoms with Crippen molar-refractivity contribution in [1.29, 1.82) is 0 Å². The molecular weight excluding hydrogens is 541 g/mol. The van der Waals surface area contributed by atoms with Crippen molar-refractivity contribution in [2.45, 2.75) is 68.3 Å². The van der Waals surface area contributed by atoms with Crippen LogP contribution in [0.5, 0.6) is 0 Å². The molecule has 1 heterocycles. The van der Waals surface area contributed by atoms with E-state index >= 15 is 0 Å². The Morgan fingerprint density at radius 2 is 1.58 bits per heavy atom. The number of likely N-dealkylation sites (N-methyl/N-ethyl adjacent to an activating group) is 1. The van der Waals surface area contributed by atoms with Crippen LogP contribution in [-0.2, 0) is 43.6 Å². The maximum Gasteiger partial charge on any atom is 0.491 e. The van der Waals surface area contributed by atoms with E-state index in [1.165, 1.54) is 30.9 Å². The Morgan fingerprint density at radius 3 is 2.13 bits per heavy atom. The highest BCUT2D eigenvalue weighted by Crippen LogP contribution is 2.24. The number of ether oxygens (including phenoxy) is 1. The summed E-state index contributed by atoms with van der Waals surface area (Å²) in [5, 5.41) is 0. The molecule has 0 unspecified atom stereocenters. The molecule has 0 saturated carbocycles. The predicted octanol–water partition coefficient (Wildman–Crippen LogP) is 4.64. The number of esters is 2. The first kappa shape index (κ1) is 31.9. The number of nitrogens with zero attached hydrogens (tertiary/aromatic N) is 1. The highest BCUT2D eigenvalue weighted by Gasteiger charge is 2.43. The lowest BCUT2D eigenvalue weighted by Crippen LogP contribution is -2.49. The van der Waals surface area contributed by atoms with E-state index in [1.54, 1.807) is 27.2 Å². The van der Waals surface area contributed by atoms with Crippen molar-refractivity contribution in [2.75, 3.05) is 27.7 Å². The number of hydrogen-bond donors (Lipinski definition) is 1. The largest absolute Gasteiger partial charge is 0.491 e. The van der Waals surface area contributed by atoms with Crippen molar-refractivity contribution in [2.24, 2.45) is 0 Å². The lowest BCUT2D eigenvalue weighted by atomic mass is 10.0. The van der Waals surface area contributed by atoms with E-state index < -0.39 is 40.6 Å². The second-order valence-electron chi connectivity index (χ2n) is 10.2. The number of carbonyl (C=O) groups excluding carboxylic acids is 2. The molecule has 0 aliphatic rings. The maximum atomic E-state index is 13.0. The molecule has 0 aliphatic carbocycles. The van der Waals surface area contributed by atoms with Crippen LogP contribution < -0.4 is 4.72 Å². The van der Waals surface area contributed by atoms with E-state index in [1.807, 2.05) is 0 Å². The van der Waals surface area contributed by atoms with E-state index in [2.05, 4.69) is 40.6 Å². The number of rotatable bonds is 14. The Morgan fingerprint density at radius 1 is 0.974 bits per heavy atom. The molecule has 1 N–H and O–H groups in total. The van der Waals surface area contributed by atoms with Crippen LogP contribution in [-0.4, -0.2) is 64.7 Å². The number of halogens is 3. The van der Waals surface area contributed by atoms with Crippen LogP contribution in [0.3, 0.4) is 0 Å². The molecule has 1 aromatic carbocycles. The monoisotopic (exact) mass is 577 g/mol. The summed E-state index contributed by atoms with van der Waals surface area (Å²) in [4.78, 5) is 23.8. The van der Waals surface area contributed by atoms with Gasteiger partial charge >= 0.3 is 18.1 Å². The van der Waals surface area contributed by atoms with Crippen LogP contribution in [0.1, 0.15) is 48.6 Å². The second kappa shape index (κ2) is 13.7. The molecule has 12 heteroatoms. The van der Waals surface area contributed by atoms with Gasteiger partial charge < -0.3 is 9.22 Å². The summed E-state index contributed by atoms with van der Waals surface area (Å²) >= 11 is 1.09. The van der Waals surface area contributed by atoms with Gasteiger partial charge in [-0.2, -0.15) is 13.2 Å². The molecule has 0 bridgehead atoms. The molecule has 1 aromatic heterocycles. The first-order valence-corrected chi connectivity index (χ1v) is 14.7. The number of aryl methyl sites for hydroxylation is 3. The molecule has 0 radical (unpaired) electrons. The van der Waals surface area contributed by atoms with Crippen molar-refractivity contribution in [3.8, 4) is 0 Å². The highest BCUT2D eigenvalue weighted by molar-refractivity contribution is 7.91. The smallest absolute Gasteiger partial charge is 0.386 e. The van der Waals surface area contributed by atoms with Crippen LogP contribution in [0, 0.1) is 0 Å². The highest BCUT2D eigenvalue weighted by atomic mass is 32.2. The molecule has 2 aromatic rings. The molecular formula is C26H36F3N2O5S2+. The van der Waals surface area contributed by atoms with Crippen molar-refractivity contribution in [3.05, 3.63) is 52.4 Å². The van der Waals surface area contributed by atoms with E-state index in [0.29, 0.717) is 6.42 Å². The molecule has 0 aliphatic heterocycles. The fourth-order valence-electron chi connectivity index (χ4n) is 3.84. The number of benzene rings is 1. The van der Waals surface area contributed by atoms with Gasteiger partial charge in [0.25, 0.3) is 10.0 Å². The summed E-state index contributed by atoms with van der Waals surface area (Å²) in [6.07, 6.45) is -0.0682. The molecule has 212 valence electrons. The minimum absolute atomic E-state index is 0.0323. The topological polar surface area (TPSA) is 89.5 Å². The quantitative estimate of drug-likeness (QED) is 0.153. The van der Waals surface area contributed by atoms with Gasteiger partial charge in [-0.15, -0.1) is 11.3 Å². The van der Waals surface area contributed by atoms with Gasteiger partial charge in [0, 0.05) is 4.88 Å². The molecule has 2 rings (SSSR count). The van der Waals surface area contributed by atoms with E-state index in [-0.39, 0.29) is 15.2 Å². The zero-order valence-corrected chi connectivity index (χ0v) is 23.8. The van der Waals surface area contributed by atoms with Crippen LogP contribution >= 0.6 is 11.3 Å². The average molecular weight is 578 g/mol. The van der Waals surface area contributed by atoms with Gasteiger partial charge in [0.1, 0.15) is 4.21 Å². The molecule has 0 saturated heterocycles. The first-order chi connectivity index (χ1) is 17.6. The Hall–Kier alpha value is -2.28. The van der Waals surface area contributed by atoms with Gasteiger partial charge in [-0.3, -0.25) is 4.79 Å². The van der Waals surface area contributed by atoms with Crippen LogP contribution in [0.15, 0.2) is 40.6 Å². The molecule has 7 nitrogen and oxygen atoms in total. The summed E-state index contributed by atoms with van der Waals surface area (Å²) in [5.74, 6) is -4.10. The summed E-state index contributed by atoms with van der Waals surface area (Å²) in [5.41, 5.74) is 2.45. The van der Waals surface area contributed by atoms with Gasteiger partial charge in [-0.1, -0.05) is 44.0 Å². The fraction of sp³-hybridized carbons (Fsp3) is 0.538. The number of carbonyl (C=O) groups is 2. The molecule has 0 spiro atoms. The summed E-state index contributed by atoms with van der Waals surface area (Å²) in [6.45, 7) is 2.24. The average Bonchev–Trinajstić information content (AvgIpc) is 3.27. The standard InChI is InChI=1S/C26H36F3N2O5S2/c1-5-6-7-8-19-9-11-20(12-10-19)13-14-22-15-16-24(37-22)38(34,35)30-21(18-31(2,3)4)17-23(32)36-25(33)26(27,28)29/h9-12,15-16,21,30H,5-8,13-14,17-18H2,1-4H3/q+1/t21-/m1/s1.